The Kier molecular flexibility index (Phi) is 6.46. The summed E-state index contributed by atoms with van der Waals surface area (Å²) in [4.78, 5) is 2.51. The quantitative estimate of drug-likeness (QED) is 0.682. The summed E-state index contributed by atoms with van der Waals surface area (Å²) in [5.41, 5.74) is 1.00. The molecule has 0 aromatic heterocycles. The Bertz CT molecular complexity index is 708. The average molecular weight is 379 g/mol. The molecule has 2 aromatic carbocycles. The van der Waals surface area contributed by atoms with E-state index in [9.17, 15) is 0 Å². The first-order valence-electron chi connectivity index (χ1n) is 8.86. The summed E-state index contributed by atoms with van der Waals surface area (Å²) >= 11 is 12.2. The number of para-hydroxylation sites is 2. The zero-order valence-corrected chi connectivity index (χ0v) is 16.0. The van der Waals surface area contributed by atoms with Gasteiger partial charge in [0, 0.05) is 17.6 Å². The molecule has 0 saturated carbocycles. The molecule has 1 aliphatic rings. The van der Waals surface area contributed by atoms with Crippen LogP contribution in [0.15, 0.2) is 42.5 Å². The minimum Gasteiger partial charge on any atom is -0.454 e. The molecule has 1 heterocycles. The van der Waals surface area contributed by atoms with Gasteiger partial charge in [-0.1, -0.05) is 42.3 Å². The van der Waals surface area contributed by atoms with Gasteiger partial charge in [-0.3, -0.25) is 0 Å². The molecule has 1 fully saturated rings. The maximum Gasteiger partial charge on any atom is 0.150 e. The molecule has 3 rings (SSSR count). The number of nitrogens with one attached hydrogen (secondary N) is 1. The SMILES string of the molecule is CCN1CCCC(Nc2ccccc2Oc2ccc(Cl)cc2Cl)CC1. The average Bonchev–Trinajstić information content (AvgIpc) is 2.84. The number of hydrogen-bond donors (Lipinski definition) is 1. The molecule has 3 nitrogen and oxygen atoms in total. The van der Waals surface area contributed by atoms with Crippen LogP contribution in [0.5, 0.6) is 11.5 Å². The monoisotopic (exact) mass is 378 g/mol. The molecule has 0 spiro atoms. The lowest BCUT2D eigenvalue weighted by Crippen LogP contribution is -2.26. The van der Waals surface area contributed by atoms with Gasteiger partial charge in [0.15, 0.2) is 5.75 Å². The highest BCUT2D eigenvalue weighted by molar-refractivity contribution is 6.35. The predicted molar refractivity (Wildman–Crippen MR) is 106 cm³/mol. The molecule has 0 bridgehead atoms. The molecule has 1 saturated heterocycles. The van der Waals surface area contributed by atoms with E-state index in [-0.39, 0.29) is 0 Å². The summed E-state index contributed by atoms with van der Waals surface area (Å²) in [6.45, 7) is 5.68. The Morgan fingerprint density at radius 3 is 2.72 bits per heavy atom. The summed E-state index contributed by atoms with van der Waals surface area (Å²) in [5, 5.41) is 4.77. The largest absolute Gasteiger partial charge is 0.454 e. The molecule has 25 heavy (non-hydrogen) atoms. The summed E-state index contributed by atoms with van der Waals surface area (Å²) in [6.07, 6.45) is 3.54. The van der Waals surface area contributed by atoms with Crippen molar-refractivity contribution in [3.8, 4) is 11.5 Å². The molecule has 1 N–H and O–H groups in total. The van der Waals surface area contributed by atoms with E-state index in [1.165, 1.54) is 19.4 Å². The molecule has 1 atom stereocenters. The predicted octanol–water partition coefficient (Wildman–Crippen LogP) is 6.07. The second kappa shape index (κ2) is 8.79. The fourth-order valence-electron chi connectivity index (χ4n) is 3.19. The van der Waals surface area contributed by atoms with Crippen LogP contribution in [0.4, 0.5) is 5.69 Å². The molecule has 0 amide bonds. The summed E-state index contributed by atoms with van der Waals surface area (Å²) in [5.74, 6) is 1.39. The number of benzene rings is 2. The summed E-state index contributed by atoms with van der Waals surface area (Å²) < 4.78 is 6.05. The number of halogens is 2. The third-order valence-electron chi connectivity index (χ3n) is 4.63. The highest BCUT2D eigenvalue weighted by Crippen LogP contribution is 2.35. The van der Waals surface area contributed by atoms with E-state index >= 15 is 0 Å². The lowest BCUT2D eigenvalue weighted by atomic mass is 10.1. The van der Waals surface area contributed by atoms with Gasteiger partial charge in [-0.25, -0.2) is 0 Å². The van der Waals surface area contributed by atoms with Gasteiger partial charge in [-0.05, 0) is 62.7 Å². The molecule has 5 heteroatoms. The minimum absolute atomic E-state index is 0.460. The maximum atomic E-state index is 6.24. The number of rotatable bonds is 5. The molecule has 0 aliphatic carbocycles. The van der Waals surface area contributed by atoms with Gasteiger partial charge < -0.3 is 15.0 Å². The van der Waals surface area contributed by atoms with Crippen LogP contribution in [-0.2, 0) is 0 Å². The number of anilines is 1. The van der Waals surface area contributed by atoms with E-state index in [0.29, 0.717) is 21.8 Å². The number of likely N-dealkylation sites (tertiary alicyclic amines) is 1. The maximum absolute atomic E-state index is 6.24. The van der Waals surface area contributed by atoms with Crippen LogP contribution in [-0.4, -0.2) is 30.6 Å². The van der Waals surface area contributed by atoms with Gasteiger partial charge in [0.1, 0.15) is 5.75 Å². The van der Waals surface area contributed by atoms with Gasteiger partial charge in [0.05, 0.1) is 10.7 Å². The molecular weight excluding hydrogens is 355 g/mol. The first kappa shape index (κ1) is 18.4. The summed E-state index contributed by atoms with van der Waals surface area (Å²) in [6, 6.07) is 13.7. The van der Waals surface area contributed by atoms with E-state index < -0.39 is 0 Å². The van der Waals surface area contributed by atoms with Crippen molar-refractivity contribution in [2.75, 3.05) is 25.0 Å². The van der Waals surface area contributed by atoms with Gasteiger partial charge in [-0.15, -0.1) is 0 Å². The summed E-state index contributed by atoms with van der Waals surface area (Å²) in [7, 11) is 0. The Morgan fingerprint density at radius 1 is 1.08 bits per heavy atom. The molecule has 2 aromatic rings. The topological polar surface area (TPSA) is 24.5 Å². The zero-order chi connectivity index (χ0) is 17.6. The first-order valence-corrected chi connectivity index (χ1v) is 9.62. The van der Waals surface area contributed by atoms with Crippen LogP contribution in [0.25, 0.3) is 0 Å². The third-order valence-corrected chi connectivity index (χ3v) is 5.16. The van der Waals surface area contributed by atoms with E-state index in [2.05, 4.69) is 23.2 Å². The van der Waals surface area contributed by atoms with Gasteiger partial charge in [0.25, 0.3) is 0 Å². The second-order valence-corrected chi connectivity index (χ2v) is 7.22. The van der Waals surface area contributed by atoms with Gasteiger partial charge >= 0.3 is 0 Å². The van der Waals surface area contributed by atoms with Crippen molar-refractivity contribution in [3.05, 3.63) is 52.5 Å². The van der Waals surface area contributed by atoms with Crippen molar-refractivity contribution < 1.29 is 4.74 Å². The molecule has 1 unspecified atom stereocenters. The number of hydrogen-bond acceptors (Lipinski definition) is 3. The minimum atomic E-state index is 0.460. The van der Waals surface area contributed by atoms with Gasteiger partial charge in [-0.2, -0.15) is 0 Å². The van der Waals surface area contributed by atoms with Crippen molar-refractivity contribution in [1.82, 2.24) is 4.90 Å². The van der Waals surface area contributed by atoms with E-state index in [4.69, 9.17) is 27.9 Å². The van der Waals surface area contributed by atoms with E-state index in [1.54, 1.807) is 18.2 Å². The molecular formula is C20H24Cl2N2O. The van der Waals surface area contributed by atoms with E-state index in [0.717, 1.165) is 30.9 Å². The van der Waals surface area contributed by atoms with Crippen LogP contribution in [0.1, 0.15) is 26.2 Å². The van der Waals surface area contributed by atoms with Crippen LogP contribution >= 0.6 is 23.2 Å². The Hall–Kier alpha value is -1.42. The standard InChI is InChI=1S/C20H24Cl2N2O/c1-2-24-12-5-6-16(11-13-24)23-18-7-3-4-8-20(18)25-19-10-9-15(21)14-17(19)22/h3-4,7-10,14,16,23H,2,5-6,11-13H2,1H3. The smallest absolute Gasteiger partial charge is 0.150 e. The van der Waals surface area contributed by atoms with E-state index in [1.807, 2.05) is 18.2 Å². The molecule has 134 valence electrons. The van der Waals surface area contributed by atoms with Crippen LogP contribution in [0, 0.1) is 0 Å². The lowest BCUT2D eigenvalue weighted by Gasteiger charge is -2.21. The highest BCUT2D eigenvalue weighted by Gasteiger charge is 2.17. The highest BCUT2D eigenvalue weighted by atomic mass is 35.5. The second-order valence-electron chi connectivity index (χ2n) is 6.38. The van der Waals surface area contributed by atoms with Crippen LogP contribution in [0.3, 0.4) is 0 Å². The lowest BCUT2D eigenvalue weighted by molar-refractivity contribution is 0.300. The van der Waals surface area contributed by atoms with Crippen LogP contribution in [0.2, 0.25) is 10.0 Å². The fraction of sp³-hybridized carbons (Fsp3) is 0.400. The van der Waals surface area contributed by atoms with Gasteiger partial charge in [0.2, 0.25) is 0 Å². The normalized spacial score (nSPS) is 18.6. The van der Waals surface area contributed by atoms with Crippen molar-refractivity contribution >= 4 is 28.9 Å². The van der Waals surface area contributed by atoms with Crippen molar-refractivity contribution in [2.24, 2.45) is 0 Å². The Balaban J connectivity index is 1.72. The van der Waals surface area contributed by atoms with Crippen molar-refractivity contribution in [2.45, 2.75) is 32.2 Å². The fourth-order valence-corrected chi connectivity index (χ4v) is 3.63. The zero-order valence-electron chi connectivity index (χ0n) is 14.5. The Morgan fingerprint density at radius 2 is 1.92 bits per heavy atom. The van der Waals surface area contributed by atoms with Crippen molar-refractivity contribution in [3.63, 3.8) is 0 Å². The first-order chi connectivity index (χ1) is 12.2. The number of ether oxygens (including phenoxy) is 1. The Labute approximate surface area is 159 Å². The number of nitrogens with zero attached hydrogens (tertiary/aromatic N) is 1. The molecule has 0 radical (unpaired) electrons. The third kappa shape index (κ3) is 5.04. The van der Waals surface area contributed by atoms with Crippen LogP contribution < -0.4 is 10.1 Å². The molecule has 1 aliphatic heterocycles. The van der Waals surface area contributed by atoms with Crippen molar-refractivity contribution in [1.29, 1.82) is 0 Å².